The summed E-state index contributed by atoms with van der Waals surface area (Å²) in [4.78, 5) is 0. The molecule has 0 bridgehead atoms. The maximum atomic E-state index is 13.2. The average molecular weight is 530 g/mol. The number of hydrogen-bond donors (Lipinski definition) is 1. The minimum Gasteiger partial charge on any atom is -0.493 e. The first kappa shape index (κ1) is 21.0. The molecule has 0 saturated heterocycles. The zero-order valence-corrected chi connectivity index (χ0v) is 18.9. The van der Waals surface area contributed by atoms with Gasteiger partial charge in [-0.2, -0.15) is 0 Å². The molecule has 0 saturated carbocycles. The van der Waals surface area contributed by atoms with Gasteiger partial charge in [0.15, 0.2) is 11.5 Å². The van der Waals surface area contributed by atoms with Crippen molar-refractivity contribution < 1.29 is 13.9 Å². The van der Waals surface area contributed by atoms with Gasteiger partial charge in [0.05, 0.1) is 12.1 Å². The summed E-state index contributed by atoms with van der Waals surface area (Å²) in [5, 5.41) is 3.70. The highest BCUT2D eigenvalue weighted by Crippen LogP contribution is 2.35. The summed E-state index contributed by atoms with van der Waals surface area (Å²) in [7, 11) is 1.59. The lowest BCUT2D eigenvalue weighted by atomic mass is 10.2. The van der Waals surface area contributed by atoms with E-state index in [1.165, 1.54) is 12.1 Å². The molecule has 3 rings (SSSR count). The molecular formula is C21H17Br2ClFNO2. The van der Waals surface area contributed by atoms with E-state index < -0.39 is 0 Å². The Hall–Kier alpha value is -1.76. The zero-order chi connectivity index (χ0) is 20.1. The lowest BCUT2D eigenvalue weighted by molar-refractivity contribution is 0.284. The molecule has 0 aliphatic heterocycles. The molecule has 146 valence electrons. The Morgan fingerprint density at radius 2 is 1.71 bits per heavy atom. The maximum Gasteiger partial charge on any atom is 0.162 e. The molecule has 7 heteroatoms. The number of halogens is 4. The van der Waals surface area contributed by atoms with Crippen molar-refractivity contribution in [3.63, 3.8) is 0 Å². The second-order valence-electron chi connectivity index (χ2n) is 5.98. The third kappa shape index (κ3) is 5.40. The minimum absolute atomic E-state index is 0.207. The van der Waals surface area contributed by atoms with Crippen LogP contribution in [0, 0.1) is 5.82 Å². The van der Waals surface area contributed by atoms with E-state index in [-0.39, 0.29) is 12.4 Å². The molecule has 0 atom stereocenters. The van der Waals surface area contributed by atoms with Gasteiger partial charge in [0.2, 0.25) is 0 Å². The van der Waals surface area contributed by atoms with E-state index in [2.05, 4.69) is 37.2 Å². The standard InChI is InChI=1S/C21H17Br2ClFNO2/c1-27-20-8-14(11-26-17-6-3-15(22)4-7-17)18(23)10-21(20)28-12-13-2-5-16(25)9-19(13)24/h2-10,26H,11-12H2,1H3. The van der Waals surface area contributed by atoms with Gasteiger partial charge < -0.3 is 14.8 Å². The Balaban J connectivity index is 1.72. The van der Waals surface area contributed by atoms with Gasteiger partial charge in [-0.25, -0.2) is 4.39 Å². The van der Waals surface area contributed by atoms with Crippen LogP contribution in [0.1, 0.15) is 11.1 Å². The lowest BCUT2D eigenvalue weighted by Gasteiger charge is -2.15. The van der Waals surface area contributed by atoms with Gasteiger partial charge in [0.25, 0.3) is 0 Å². The third-order valence-electron chi connectivity index (χ3n) is 4.06. The van der Waals surface area contributed by atoms with E-state index in [0.29, 0.717) is 28.6 Å². The lowest BCUT2D eigenvalue weighted by Crippen LogP contribution is -2.03. The average Bonchev–Trinajstić information content (AvgIpc) is 2.68. The summed E-state index contributed by atoms with van der Waals surface area (Å²) < 4.78 is 26.4. The van der Waals surface area contributed by atoms with Crippen molar-refractivity contribution in [3.8, 4) is 11.5 Å². The van der Waals surface area contributed by atoms with E-state index in [1.807, 2.05) is 36.4 Å². The van der Waals surface area contributed by atoms with Gasteiger partial charge >= 0.3 is 0 Å². The zero-order valence-electron chi connectivity index (χ0n) is 14.9. The maximum absolute atomic E-state index is 13.2. The minimum atomic E-state index is -0.378. The molecular weight excluding hydrogens is 512 g/mol. The van der Waals surface area contributed by atoms with Crippen LogP contribution < -0.4 is 14.8 Å². The fourth-order valence-corrected chi connectivity index (χ4v) is 3.49. The van der Waals surface area contributed by atoms with E-state index in [9.17, 15) is 4.39 Å². The van der Waals surface area contributed by atoms with Crippen LogP contribution in [0.5, 0.6) is 11.5 Å². The molecule has 28 heavy (non-hydrogen) atoms. The van der Waals surface area contributed by atoms with Crippen molar-refractivity contribution in [2.45, 2.75) is 13.2 Å². The van der Waals surface area contributed by atoms with Crippen molar-refractivity contribution in [1.29, 1.82) is 0 Å². The third-order valence-corrected chi connectivity index (χ3v) is 5.68. The molecule has 3 aromatic carbocycles. The van der Waals surface area contributed by atoms with Crippen LogP contribution in [0.4, 0.5) is 10.1 Å². The molecule has 0 aromatic heterocycles. The first-order chi connectivity index (χ1) is 13.5. The largest absolute Gasteiger partial charge is 0.493 e. The fraction of sp³-hybridized carbons (Fsp3) is 0.143. The first-order valence-electron chi connectivity index (χ1n) is 8.39. The van der Waals surface area contributed by atoms with Crippen LogP contribution in [0.3, 0.4) is 0 Å². The normalized spacial score (nSPS) is 10.6. The highest BCUT2D eigenvalue weighted by atomic mass is 79.9. The number of rotatable bonds is 7. The Kier molecular flexibility index (Phi) is 7.21. The second kappa shape index (κ2) is 9.63. The molecule has 0 heterocycles. The molecule has 0 unspecified atom stereocenters. The number of ether oxygens (including phenoxy) is 2. The van der Waals surface area contributed by atoms with Gasteiger partial charge in [0, 0.05) is 26.7 Å². The van der Waals surface area contributed by atoms with Crippen LogP contribution in [0.2, 0.25) is 5.02 Å². The van der Waals surface area contributed by atoms with Gasteiger partial charge in [-0.15, -0.1) is 0 Å². The van der Waals surface area contributed by atoms with Gasteiger partial charge in [0.1, 0.15) is 12.4 Å². The van der Waals surface area contributed by atoms with E-state index >= 15 is 0 Å². The van der Waals surface area contributed by atoms with Crippen LogP contribution in [0.25, 0.3) is 0 Å². The summed E-state index contributed by atoms with van der Waals surface area (Å²) in [6.07, 6.45) is 0. The highest BCUT2D eigenvalue weighted by molar-refractivity contribution is 9.10. The molecule has 0 radical (unpaired) electrons. The summed E-state index contributed by atoms with van der Waals surface area (Å²) in [5.74, 6) is 0.799. The molecule has 3 nitrogen and oxygen atoms in total. The second-order valence-corrected chi connectivity index (χ2v) is 8.16. The van der Waals surface area contributed by atoms with Crippen molar-refractivity contribution >= 4 is 49.1 Å². The molecule has 0 fully saturated rings. The number of benzene rings is 3. The Morgan fingerprint density at radius 3 is 2.39 bits per heavy atom. The van der Waals surface area contributed by atoms with Crippen LogP contribution in [0.15, 0.2) is 63.5 Å². The number of methoxy groups -OCH3 is 1. The molecule has 0 spiro atoms. The molecule has 0 aliphatic rings. The smallest absolute Gasteiger partial charge is 0.162 e. The van der Waals surface area contributed by atoms with Crippen molar-refractivity contribution in [2.75, 3.05) is 12.4 Å². The van der Waals surface area contributed by atoms with Crippen LogP contribution >= 0.6 is 43.5 Å². The summed E-state index contributed by atoms with van der Waals surface area (Å²) in [5.41, 5.74) is 2.73. The number of anilines is 1. The van der Waals surface area contributed by atoms with Crippen molar-refractivity contribution in [1.82, 2.24) is 0 Å². The van der Waals surface area contributed by atoms with Crippen molar-refractivity contribution in [3.05, 3.63) is 85.5 Å². The highest BCUT2D eigenvalue weighted by Gasteiger charge is 2.12. The first-order valence-corrected chi connectivity index (χ1v) is 10.3. The Bertz CT molecular complexity index is 967. The SMILES string of the molecule is COc1cc(CNc2ccc(Br)cc2)c(Br)cc1OCc1ccc(F)cc1Cl. The van der Waals surface area contributed by atoms with Crippen LogP contribution in [-0.4, -0.2) is 7.11 Å². The van der Waals surface area contributed by atoms with E-state index in [1.54, 1.807) is 13.2 Å². The summed E-state index contributed by atoms with van der Waals surface area (Å²) in [6.45, 7) is 0.820. The van der Waals surface area contributed by atoms with Crippen LogP contribution in [-0.2, 0) is 13.2 Å². The Labute approximate surface area is 185 Å². The quantitative estimate of drug-likeness (QED) is 0.351. The monoisotopic (exact) mass is 527 g/mol. The van der Waals surface area contributed by atoms with E-state index in [0.717, 1.165) is 20.2 Å². The van der Waals surface area contributed by atoms with Gasteiger partial charge in [-0.1, -0.05) is 49.5 Å². The molecule has 1 N–H and O–H groups in total. The number of hydrogen-bond acceptors (Lipinski definition) is 3. The topological polar surface area (TPSA) is 30.5 Å². The molecule has 0 amide bonds. The van der Waals surface area contributed by atoms with E-state index in [4.69, 9.17) is 21.1 Å². The fourth-order valence-electron chi connectivity index (χ4n) is 2.54. The number of nitrogens with one attached hydrogen (secondary N) is 1. The Morgan fingerprint density at radius 1 is 0.964 bits per heavy atom. The molecule has 3 aromatic rings. The summed E-state index contributed by atoms with van der Waals surface area (Å²) >= 11 is 13.1. The predicted molar refractivity (Wildman–Crippen MR) is 118 cm³/mol. The van der Waals surface area contributed by atoms with Gasteiger partial charge in [-0.05, 0) is 54.1 Å². The summed E-state index contributed by atoms with van der Waals surface area (Å²) in [6, 6.07) is 16.0. The van der Waals surface area contributed by atoms with Gasteiger partial charge in [-0.3, -0.25) is 0 Å². The van der Waals surface area contributed by atoms with Crippen molar-refractivity contribution in [2.24, 2.45) is 0 Å². The molecule has 0 aliphatic carbocycles. The predicted octanol–water partition coefficient (Wildman–Crippen LogP) is 7.20.